The lowest BCUT2D eigenvalue weighted by molar-refractivity contribution is -0.135. The van der Waals surface area contributed by atoms with Crippen LogP contribution in [0.3, 0.4) is 0 Å². The van der Waals surface area contributed by atoms with Gasteiger partial charge in [0.1, 0.15) is 0 Å². The van der Waals surface area contributed by atoms with Crippen molar-refractivity contribution in [3.05, 3.63) is 0 Å². The number of halogens is 1. The Balaban J connectivity index is 0.00000220. The van der Waals surface area contributed by atoms with E-state index in [4.69, 9.17) is 0 Å². The largest absolute Gasteiger partial charge is 0.343 e. The van der Waals surface area contributed by atoms with Crippen LogP contribution in [0.15, 0.2) is 0 Å². The minimum Gasteiger partial charge on any atom is -0.343 e. The molecule has 0 aromatic rings. The molecular weight excluding hydrogens is 284 g/mol. The second-order valence-electron chi connectivity index (χ2n) is 7.12. The van der Waals surface area contributed by atoms with E-state index in [1.807, 2.05) is 7.05 Å². The van der Waals surface area contributed by atoms with Gasteiger partial charge >= 0.3 is 0 Å². The number of carbonyl (C=O) groups excluding carboxylic acids is 1. The molecule has 1 saturated carbocycles. The highest BCUT2D eigenvalue weighted by Gasteiger charge is 2.29. The second kappa shape index (κ2) is 8.99. The number of amides is 1. The molecule has 21 heavy (non-hydrogen) atoms. The number of piperidine rings is 1. The van der Waals surface area contributed by atoms with Gasteiger partial charge in [-0.15, -0.1) is 12.4 Å². The van der Waals surface area contributed by atoms with Gasteiger partial charge in [-0.05, 0) is 56.5 Å². The summed E-state index contributed by atoms with van der Waals surface area (Å²) in [5.74, 6) is 2.23. The molecule has 3 nitrogen and oxygen atoms in total. The van der Waals surface area contributed by atoms with E-state index in [-0.39, 0.29) is 12.4 Å². The van der Waals surface area contributed by atoms with Gasteiger partial charge in [-0.1, -0.05) is 26.7 Å². The lowest BCUT2D eigenvalue weighted by Gasteiger charge is -2.37. The summed E-state index contributed by atoms with van der Waals surface area (Å²) in [6.07, 6.45) is 8.38. The predicted molar refractivity (Wildman–Crippen MR) is 90.8 cm³/mol. The summed E-state index contributed by atoms with van der Waals surface area (Å²) in [7, 11) is 2.03. The van der Waals surface area contributed by atoms with Crippen molar-refractivity contribution < 1.29 is 4.79 Å². The van der Waals surface area contributed by atoms with Crippen molar-refractivity contribution in [2.75, 3.05) is 20.1 Å². The molecule has 1 saturated heterocycles. The van der Waals surface area contributed by atoms with Crippen molar-refractivity contribution >= 4 is 18.3 Å². The van der Waals surface area contributed by atoms with Gasteiger partial charge in [0.25, 0.3) is 0 Å². The van der Waals surface area contributed by atoms with E-state index in [2.05, 4.69) is 24.1 Å². The van der Waals surface area contributed by atoms with Crippen LogP contribution in [-0.2, 0) is 4.79 Å². The summed E-state index contributed by atoms with van der Waals surface area (Å²) in [5.41, 5.74) is 0. The number of nitrogens with one attached hydrogen (secondary N) is 1. The minimum absolute atomic E-state index is 0. The zero-order valence-electron chi connectivity index (χ0n) is 13.9. The summed E-state index contributed by atoms with van der Waals surface area (Å²) in [4.78, 5) is 14.6. The highest BCUT2D eigenvalue weighted by Crippen LogP contribution is 2.29. The van der Waals surface area contributed by atoms with Gasteiger partial charge in [0.15, 0.2) is 0 Å². The van der Waals surface area contributed by atoms with Crippen molar-refractivity contribution in [3.63, 3.8) is 0 Å². The molecule has 0 aromatic carbocycles. The van der Waals surface area contributed by atoms with Gasteiger partial charge in [-0.25, -0.2) is 0 Å². The highest BCUT2D eigenvalue weighted by atomic mass is 35.5. The number of carbonyl (C=O) groups is 1. The molecule has 0 bridgehead atoms. The highest BCUT2D eigenvalue weighted by molar-refractivity contribution is 5.85. The Morgan fingerprint density at radius 1 is 1.24 bits per heavy atom. The maximum atomic E-state index is 12.5. The molecule has 1 heterocycles. The third kappa shape index (κ3) is 5.14. The van der Waals surface area contributed by atoms with E-state index in [9.17, 15) is 4.79 Å². The monoisotopic (exact) mass is 316 g/mol. The molecule has 1 amide bonds. The average molecular weight is 317 g/mol. The molecule has 0 radical (unpaired) electrons. The van der Waals surface area contributed by atoms with E-state index in [1.165, 1.54) is 38.5 Å². The summed E-state index contributed by atoms with van der Waals surface area (Å²) in [6, 6.07) is 0.480. The van der Waals surface area contributed by atoms with Gasteiger partial charge < -0.3 is 10.2 Å². The lowest BCUT2D eigenvalue weighted by atomic mass is 9.83. The van der Waals surface area contributed by atoms with Gasteiger partial charge in [0.2, 0.25) is 5.91 Å². The summed E-state index contributed by atoms with van der Waals surface area (Å²) in [6.45, 7) is 6.81. The molecular formula is C17H33ClN2O. The lowest BCUT2D eigenvalue weighted by Crippen LogP contribution is -2.44. The molecule has 1 aliphatic carbocycles. The second-order valence-corrected chi connectivity index (χ2v) is 7.12. The Hall–Kier alpha value is -0.280. The zero-order chi connectivity index (χ0) is 14.5. The van der Waals surface area contributed by atoms with E-state index in [1.54, 1.807) is 0 Å². The van der Waals surface area contributed by atoms with Crippen LogP contribution in [0.4, 0.5) is 0 Å². The van der Waals surface area contributed by atoms with E-state index in [0.717, 1.165) is 19.5 Å². The first-order valence-electron chi connectivity index (χ1n) is 8.56. The SMILES string of the molecule is CC(CC(=O)N(C)C1CCCCC1C)C1CCCNC1.Cl. The topological polar surface area (TPSA) is 32.3 Å². The van der Waals surface area contributed by atoms with Crippen LogP contribution >= 0.6 is 12.4 Å². The number of nitrogens with zero attached hydrogens (tertiary/aromatic N) is 1. The first kappa shape index (κ1) is 18.8. The maximum Gasteiger partial charge on any atom is 0.222 e. The average Bonchev–Trinajstić information content (AvgIpc) is 2.48. The molecule has 1 aliphatic heterocycles. The first-order chi connectivity index (χ1) is 9.59. The summed E-state index contributed by atoms with van der Waals surface area (Å²) < 4.78 is 0. The van der Waals surface area contributed by atoms with Crippen molar-refractivity contribution in [2.45, 2.75) is 64.8 Å². The Morgan fingerprint density at radius 2 is 1.95 bits per heavy atom. The van der Waals surface area contributed by atoms with Crippen molar-refractivity contribution in [2.24, 2.45) is 17.8 Å². The molecule has 2 rings (SSSR count). The fourth-order valence-corrected chi connectivity index (χ4v) is 4.01. The normalized spacial score (nSPS) is 31.1. The van der Waals surface area contributed by atoms with E-state index < -0.39 is 0 Å². The molecule has 2 aliphatic rings. The third-order valence-electron chi connectivity index (χ3n) is 5.59. The first-order valence-corrected chi connectivity index (χ1v) is 8.56. The van der Waals surface area contributed by atoms with Crippen molar-refractivity contribution in [1.82, 2.24) is 10.2 Å². The standard InChI is InChI=1S/C17H32N2O.ClH/c1-13-7-4-5-9-16(13)19(3)17(20)11-14(2)15-8-6-10-18-12-15;/h13-16,18H,4-12H2,1-3H3;1H. The van der Waals surface area contributed by atoms with Crippen LogP contribution in [0.5, 0.6) is 0 Å². The quantitative estimate of drug-likeness (QED) is 0.861. The minimum atomic E-state index is 0. The zero-order valence-corrected chi connectivity index (χ0v) is 14.8. The van der Waals surface area contributed by atoms with Crippen molar-refractivity contribution in [3.8, 4) is 0 Å². The fourth-order valence-electron chi connectivity index (χ4n) is 4.01. The van der Waals surface area contributed by atoms with Crippen LogP contribution in [0.25, 0.3) is 0 Å². The van der Waals surface area contributed by atoms with Crippen LogP contribution in [0.1, 0.15) is 58.8 Å². The van der Waals surface area contributed by atoms with E-state index >= 15 is 0 Å². The number of hydrogen-bond donors (Lipinski definition) is 1. The Labute approximate surface area is 136 Å². The summed E-state index contributed by atoms with van der Waals surface area (Å²) >= 11 is 0. The molecule has 4 heteroatoms. The van der Waals surface area contributed by atoms with Gasteiger partial charge in [0.05, 0.1) is 0 Å². The van der Waals surface area contributed by atoms with E-state index in [0.29, 0.717) is 29.7 Å². The molecule has 0 spiro atoms. The molecule has 1 N–H and O–H groups in total. The third-order valence-corrected chi connectivity index (χ3v) is 5.59. The van der Waals surface area contributed by atoms with Crippen LogP contribution < -0.4 is 5.32 Å². The molecule has 4 unspecified atom stereocenters. The van der Waals surface area contributed by atoms with Crippen molar-refractivity contribution in [1.29, 1.82) is 0 Å². The molecule has 0 aromatic heterocycles. The molecule has 2 fully saturated rings. The van der Waals surface area contributed by atoms with Crippen LogP contribution in [-0.4, -0.2) is 37.0 Å². The predicted octanol–water partition coefficient (Wildman–Crippen LogP) is 3.47. The van der Waals surface area contributed by atoms with Crippen LogP contribution in [0.2, 0.25) is 0 Å². The van der Waals surface area contributed by atoms with Gasteiger partial charge in [0, 0.05) is 19.5 Å². The molecule has 124 valence electrons. The van der Waals surface area contributed by atoms with Gasteiger partial charge in [-0.3, -0.25) is 4.79 Å². The Morgan fingerprint density at radius 3 is 2.57 bits per heavy atom. The smallest absolute Gasteiger partial charge is 0.222 e. The number of rotatable bonds is 4. The van der Waals surface area contributed by atoms with Crippen LogP contribution in [0, 0.1) is 17.8 Å². The number of hydrogen-bond acceptors (Lipinski definition) is 2. The fraction of sp³-hybridized carbons (Fsp3) is 0.941. The summed E-state index contributed by atoms with van der Waals surface area (Å²) in [5, 5.41) is 3.46. The Bertz CT molecular complexity index is 318. The maximum absolute atomic E-state index is 12.5. The van der Waals surface area contributed by atoms with Gasteiger partial charge in [-0.2, -0.15) is 0 Å². The Kier molecular flexibility index (Phi) is 8.04. The molecule has 4 atom stereocenters.